The third kappa shape index (κ3) is 4.71. The number of ether oxygens (including phenoxy) is 3. The second-order valence-corrected chi connectivity index (χ2v) is 10.1. The minimum Gasteiger partial charge on any atom is -0.496 e. The summed E-state index contributed by atoms with van der Waals surface area (Å²) in [6.45, 7) is 2.89. The second kappa shape index (κ2) is 9.55. The normalized spacial score (nSPS) is 19.3. The van der Waals surface area contributed by atoms with E-state index in [2.05, 4.69) is 46.1 Å². The lowest BCUT2D eigenvalue weighted by molar-refractivity contribution is -0.130. The van der Waals surface area contributed by atoms with E-state index in [0.29, 0.717) is 19.3 Å². The fraction of sp³-hybridized carbons (Fsp3) is 0.500. The highest BCUT2D eigenvalue weighted by Crippen LogP contribution is 2.38. The quantitative estimate of drug-likeness (QED) is 0.583. The Balaban J connectivity index is 1.14. The van der Waals surface area contributed by atoms with Crippen molar-refractivity contribution in [1.82, 2.24) is 9.80 Å². The topological polar surface area (TPSA) is 51.2 Å². The van der Waals surface area contributed by atoms with Crippen LogP contribution < -0.4 is 14.2 Å². The zero-order chi connectivity index (χ0) is 22.9. The van der Waals surface area contributed by atoms with E-state index < -0.39 is 0 Å². The van der Waals surface area contributed by atoms with E-state index in [-0.39, 0.29) is 5.91 Å². The standard InChI is InChI=1S/C26H31BrN2O4/c1-28(21-5-4-17-12-24-25(33-16-32-24)14-19(17)10-21)7-3-8-29-9-6-18-11-22(27)23(31-2)13-20(18)15-26(29)30/h11-14,21H,3-10,15-16H2,1-2H3. The van der Waals surface area contributed by atoms with Crippen molar-refractivity contribution in [1.29, 1.82) is 0 Å². The van der Waals surface area contributed by atoms with Crippen LogP contribution in [0.2, 0.25) is 0 Å². The van der Waals surface area contributed by atoms with Crippen molar-refractivity contribution >= 4 is 21.8 Å². The fourth-order valence-corrected chi connectivity index (χ4v) is 5.83. The Bertz CT molecular complexity index is 1060. The predicted octanol–water partition coefficient (Wildman–Crippen LogP) is 3.99. The number of carbonyl (C=O) groups excluding carboxylic acids is 1. The molecule has 2 heterocycles. The maximum Gasteiger partial charge on any atom is 0.231 e. The zero-order valence-corrected chi connectivity index (χ0v) is 20.9. The van der Waals surface area contributed by atoms with Crippen molar-refractivity contribution in [3.8, 4) is 17.2 Å². The molecule has 33 heavy (non-hydrogen) atoms. The van der Waals surface area contributed by atoms with Gasteiger partial charge in [0.15, 0.2) is 11.5 Å². The maximum atomic E-state index is 12.9. The van der Waals surface area contributed by atoms with Gasteiger partial charge in [0, 0.05) is 19.1 Å². The SMILES string of the molecule is COc1cc2c(cc1Br)CCN(CCCN(C)C1CCc3cc4c(cc3C1)OCO4)C(=O)C2. The lowest BCUT2D eigenvalue weighted by Gasteiger charge is -2.33. The second-order valence-electron chi connectivity index (χ2n) is 9.27. The molecule has 0 N–H and O–H groups in total. The van der Waals surface area contributed by atoms with E-state index in [9.17, 15) is 4.79 Å². The Morgan fingerprint density at radius 2 is 1.85 bits per heavy atom. The van der Waals surface area contributed by atoms with Crippen LogP contribution in [0, 0.1) is 0 Å². The molecule has 2 aromatic rings. The van der Waals surface area contributed by atoms with E-state index in [0.717, 1.165) is 79.0 Å². The molecule has 6 nitrogen and oxygen atoms in total. The van der Waals surface area contributed by atoms with Crippen LogP contribution in [0.3, 0.4) is 0 Å². The molecule has 0 aromatic heterocycles. The number of carbonyl (C=O) groups is 1. The molecule has 0 radical (unpaired) electrons. The zero-order valence-electron chi connectivity index (χ0n) is 19.4. The summed E-state index contributed by atoms with van der Waals surface area (Å²) < 4.78 is 17.5. The summed E-state index contributed by atoms with van der Waals surface area (Å²) in [7, 11) is 3.88. The minimum absolute atomic E-state index is 0.212. The summed E-state index contributed by atoms with van der Waals surface area (Å²) >= 11 is 3.57. The Hall–Kier alpha value is -2.25. The average molecular weight is 515 g/mol. The Labute approximate surface area is 203 Å². The third-order valence-corrected chi connectivity index (χ3v) is 7.90. The van der Waals surface area contributed by atoms with Gasteiger partial charge in [-0.3, -0.25) is 4.79 Å². The first-order valence-electron chi connectivity index (χ1n) is 11.8. The van der Waals surface area contributed by atoms with Crippen LogP contribution in [-0.2, 0) is 30.5 Å². The number of rotatable bonds is 6. The Morgan fingerprint density at radius 3 is 2.64 bits per heavy atom. The molecular formula is C26H31BrN2O4. The van der Waals surface area contributed by atoms with Crippen LogP contribution in [0.4, 0.5) is 0 Å². The van der Waals surface area contributed by atoms with Gasteiger partial charge in [-0.15, -0.1) is 0 Å². The Kier molecular flexibility index (Phi) is 6.52. The van der Waals surface area contributed by atoms with Gasteiger partial charge in [-0.05, 0) is 108 Å². The molecule has 3 aliphatic rings. The van der Waals surface area contributed by atoms with Gasteiger partial charge in [0.05, 0.1) is 18.0 Å². The van der Waals surface area contributed by atoms with Crippen molar-refractivity contribution in [3.05, 3.63) is 51.0 Å². The molecule has 176 valence electrons. The summed E-state index contributed by atoms with van der Waals surface area (Å²) in [4.78, 5) is 17.4. The number of aryl methyl sites for hydroxylation is 1. The van der Waals surface area contributed by atoms with Gasteiger partial charge < -0.3 is 24.0 Å². The molecule has 1 unspecified atom stereocenters. The molecule has 7 heteroatoms. The van der Waals surface area contributed by atoms with Crippen LogP contribution in [-0.4, -0.2) is 62.3 Å². The van der Waals surface area contributed by atoms with Crippen molar-refractivity contribution in [2.75, 3.05) is 40.6 Å². The lowest BCUT2D eigenvalue weighted by Crippen LogP contribution is -2.39. The molecule has 1 atom stereocenters. The molecule has 0 saturated carbocycles. The molecule has 2 aliphatic heterocycles. The highest BCUT2D eigenvalue weighted by atomic mass is 79.9. The summed E-state index contributed by atoms with van der Waals surface area (Å²) in [5.74, 6) is 2.76. The van der Waals surface area contributed by atoms with Gasteiger partial charge in [-0.1, -0.05) is 0 Å². The van der Waals surface area contributed by atoms with E-state index >= 15 is 0 Å². The van der Waals surface area contributed by atoms with E-state index in [1.165, 1.54) is 16.7 Å². The van der Waals surface area contributed by atoms with Gasteiger partial charge in [0.25, 0.3) is 0 Å². The number of likely N-dealkylation sites (N-methyl/N-ethyl adjacent to an activating group) is 1. The van der Waals surface area contributed by atoms with Gasteiger partial charge in [0.2, 0.25) is 12.7 Å². The first-order valence-corrected chi connectivity index (χ1v) is 12.6. The molecule has 5 rings (SSSR count). The van der Waals surface area contributed by atoms with E-state index in [1.807, 2.05) is 11.0 Å². The molecule has 0 bridgehead atoms. The highest BCUT2D eigenvalue weighted by Gasteiger charge is 2.26. The molecule has 0 spiro atoms. The summed E-state index contributed by atoms with van der Waals surface area (Å²) in [5, 5.41) is 0. The highest BCUT2D eigenvalue weighted by molar-refractivity contribution is 9.10. The monoisotopic (exact) mass is 514 g/mol. The minimum atomic E-state index is 0.212. The largest absolute Gasteiger partial charge is 0.496 e. The van der Waals surface area contributed by atoms with E-state index in [4.69, 9.17) is 14.2 Å². The number of halogens is 1. The summed E-state index contributed by atoms with van der Waals surface area (Å²) in [6.07, 6.45) is 5.58. The first-order chi connectivity index (χ1) is 16.0. The first kappa shape index (κ1) is 22.5. The summed E-state index contributed by atoms with van der Waals surface area (Å²) in [6, 6.07) is 8.95. The molecule has 1 aliphatic carbocycles. The van der Waals surface area contributed by atoms with Crippen molar-refractivity contribution in [2.24, 2.45) is 0 Å². The molecule has 0 fully saturated rings. The number of methoxy groups -OCH3 is 1. The Morgan fingerprint density at radius 1 is 1.09 bits per heavy atom. The van der Waals surface area contributed by atoms with Gasteiger partial charge >= 0.3 is 0 Å². The average Bonchev–Trinajstić information content (AvgIpc) is 3.21. The van der Waals surface area contributed by atoms with Crippen LogP contribution in [0.25, 0.3) is 0 Å². The number of fused-ring (bicyclic) bond motifs is 3. The molecular weight excluding hydrogens is 484 g/mol. The molecule has 0 saturated heterocycles. The van der Waals surface area contributed by atoms with Crippen molar-refractivity contribution < 1.29 is 19.0 Å². The van der Waals surface area contributed by atoms with Crippen molar-refractivity contribution in [3.63, 3.8) is 0 Å². The van der Waals surface area contributed by atoms with Crippen LogP contribution in [0.5, 0.6) is 17.2 Å². The smallest absolute Gasteiger partial charge is 0.231 e. The number of amides is 1. The van der Waals surface area contributed by atoms with Crippen LogP contribution >= 0.6 is 15.9 Å². The molecule has 1 amide bonds. The van der Waals surface area contributed by atoms with Crippen LogP contribution in [0.15, 0.2) is 28.7 Å². The number of benzene rings is 2. The molecule has 2 aromatic carbocycles. The summed E-state index contributed by atoms with van der Waals surface area (Å²) in [5.41, 5.74) is 5.09. The van der Waals surface area contributed by atoms with Gasteiger partial charge in [-0.2, -0.15) is 0 Å². The number of nitrogens with zero attached hydrogens (tertiary/aromatic N) is 2. The fourth-order valence-electron chi connectivity index (χ4n) is 5.28. The third-order valence-electron chi connectivity index (χ3n) is 7.28. The van der Waals surface area contributed by atoms with E-state index in [1.54, 1.807) is 7.11 Å². The van der Waals surface area contributed by atoms with Gasteiger partial charge in [-0.25, -0.2) is 0 Å². The van der Waals surface area contributed by atoms with Gasteiger partial charge in [0.1, 0.15) is 5.75 Å². The predicted molar refractivity (Wildman–Crippen MR) is 130 cm³/mol. The lowest BCUT2D eigenvalue weighted by atomic mass is 9.87. The maximum absolute atomic E-state index is 12.9. The van der Waals surface area contributed by atoms with Crippen LogP contribution in [0.1, 0.15) is 35.1 Å². The number of hydrogen-bond acceptors (Lipinski definition) is 5. The van der Waals surface area contributed by atoms with Crippen molar-refractivity contribution in [2.45, 2.75) is 44.6 Å². The number of hydrogen-bond donors (Lipinski definition) is 0.